The van der Waals surface area contributed by atoms with E-state index in [4.69, 9.17) is 0 Å². The fourth-order valence-corrected chi connectivity index (χ4v) is 2.50. The lowest BCUT2D eigenvalue weighted by Crippen LogP contribution is -2.21. The third-order valence-electron chi connectivity index (χ3n) is 3.41. The van der Waals surface area contributed by atoms with Gasteiger partial charge in [0.05, 0.1) is 18.0 Å². The summed E-state index contributed by atoms with van der Waals surface area (Å²) < 4.78 is 0. The molecule has 0 fully saturated rings. The SMILES string of the molecule is Cc1cccc(CN2CNc3cc(C)ccc32)c1. The van der Waals surface area contributed by atoms with Crippen LogP contribution in [0.25, 0.3) is 0 Å². The van der Waals surface area contributed by atoms with Gasteiger partial charge in [-0.2, -0.15) is 0 Å². The fourth-order valence-electron chi connectivity index (χ4n) is 2.50. The van der Waals surface area contributed by atoms with Crippen LogP contribution in [0.1, 0.15) is 16.7 Å². The predicted octanol–water partition coefficient (Wildman–Crippen LogP) is 3.69. The van der Waals surface area contributed by atoms with Gasteiger partial charge in [0.15, 0.2) is 0 Å². The summed E-state index contributed by atoms with van der Waals surface area (Å²) in [6, 6.07) is 15.3. The fraction of sp³-hybridized carbons (Fsp3) is 0.250. The molecule has 1 N–H and O–H groups in total. The molecule has 2 nitrogen and oxygen atoms in total. The zero-order valence-corrected chi connectivity index (χ0v) is 10.9. The Bertz CT molecular complexity index is 575. The largest absolute Gasteiger partial charge is 0.366 e. The molecule has 1 aliphatic heterocycles. The summed E-state index contributed by atoms with van der Waals surface area (Å²) >= 11 is 0. The Kier molecular flexibility index (Phi) is 2.71. The number of hydrogen-bond donors (Lipinski definition) is 1. The Balaban J connectivity index is 1.85. The van der Waals surface area contributed by atoms with E-state index in [9.17, 15) is 0 Å². The van der Waals surface area contributed by atoms with E-state index in [1.807, 2.05) is 0 Å². The van der Waals surface area contributed by atoms with Crippen molar-refractivity contribution in [2.45, 2.75) is 20.4 Å². The molecule has 1 heterocycles. The lowest BCUT2D eigenvalue weighted by molar-refractivity contribution is 0.871. The van der Waals surface area contributed by atoms with Crippen LogP contribution in [0, 0.1) is 13.8 Å². The molecule has 18 heavy (non-hydrogen) atoms. The third kappa shape index (κ3) is 2.06. The summed E-state index contributed by atoms with van der Waals surface area (Å²) in [7, 11) is 0. The summed E-state index contributed by atoms with van der Waals surface area (Å²) in [6.45, 7) is 6.13. The van der Waals surface area contributed by atoms with Gasteiger partial charge in [-0.15, -0.1) is 0 Å². The highest BCUT2D eigenvalue weighted by Gasteiger charge is 2.18. The molecule has 3 rings (SSSR count). The molecule has 0 aromatic heterocycles. The lowest BCUT2D eigenvalue weighted by Gasteiger charge is -2.18. The quantitative estimate of drug-likeness (QED) is 0.858. The minimum atomic E-state index is 0.896. The van der Waals surface area contributed by atoms with Crippen molar-refractivity contribution in [3.8, 4) is 0 Å². The van der Waals surface area contributed by atoms with Gasteiger partial charge in [0.25, 0.3) is 0 Å². The molecule has 0 amide bonds. The van der Waals surface area contributed by atoms with Gasteiger partial charge in [0, 0.05) is 6.54 Å². The second-order valence-electron chi connectivity index (χ2n) is 5.04. The number of hydrogen-bond acceptors (Lipinski definition) is 2. The molecule has 0 aliphatic carbocycles. The first-order valence-corrected chi connectivity index (χ1v) is 6.37. The second-order valence-corrected chi connectivity index (χ2v) is 5.04. The van der Waals surface area contributed by atoms with E-state index in [1.165, 1.54) is 28.1 Å². The van der Waals surface area contributed by atoms with Gasteiger partial charge in [-0.25, -0.2) is 0 Å². The third-order valence-corrected chi connectivity index (χ3v) is 3.41. The van der Waals surface area contributed by atoms with Gasteiger partial charge in [-0.1, -0.05) is 35.9 Å². The number of benzene rings is 2. The number of nitrogens with one attached hydrogen (secondary N) is 1. The van der Waals surface area contributed by atoms with Gasteiger partial charge in [-0.3, -0.25) is 0 Å². The first kappa shape index (κ1) is 11.1. The van der Waals surface area contributed by atoms with Gasteiger partial charge in [-0.05, 0) is 37.1 Å². The molecule has 2 aromatic rings. The number of rotatable bonds is 2. The maximum atomic E-state index is 3.45. The second kappa shape index (κ2) is 4.37. The molecule has 0 atom stereocenters. The summed E-state index contributed by atoms with van der Waals surface area (Å²) in [6.07, 6.45) is 0. The van der Waals surface area contributed by atoms with Crippen LogP contribution < -0.4 is 10.2 Å². The van der Waals surface area contributed by atoms with Crippen molar-refractivity contribution >= 4 is 11.4 Å². The van der Waals surface area contributed by atoms with E-state index in [0.29, 0.717) is 0 Å². The Morgan fingerprint density at radius 1 is 1.06 bits per heavy atom. The highest BCUT2D eigenvalue weighted by atomic mass is 15.3. The molecule has 2 heteroatoms. The molecular formula is C16H18N2. The highest BCUT2D eigenvalue weighted by molar-refractivity contribution is 5.75. The van der Waals surface area contributed by atoms with E-state index in [0.717, 1.165) is 13.2 Å². The van der Waals surface area contributed by atoms with Crippen LogP contribution in [0.2, 0.25) is 0 Å². The van der Waals surface area contributed by atoms with E-state index < -0.39 is 0 Å². The number of anilines is 2. The van der Waals surface area contributed by atoms with Gasteiger partial charge < -0.3 is 10.2 Å². The van der Waals surface area contributed by atoms with Crippen LogP contribution in [0.5, 0.6) is 0 Å². The molecule has 0 spiro atoms. The van der Waals surface area contributed by atoms with Crippen molar-refractivity contribution < 1.29 is 0 Å². The number of nitrogens with zero attached hydrogens (tertiary/aromatic N) is 1. The van der Waals surface area contributed by atoms with Crippen molar-refractivity contribution in [3.63, 3.8) is 0 Å². The molecular weight excluding hydrogens is 220 g/mol. The maximum Gasteiger partial charge on any atom is 0.0881 e. The zero-order valence-electron chi connectivity index (χ0n) is 10.9. The Labute approximate surface area is 108 Å². The summed E-state index contributed by atoms with van der Waals surface area (Å²) in [5.41, 5.74) is 6.55. The molecule has 0 bridgehead atoms. The molecule has 1 aliphatic rings. The predicted molar refractivity (Wildman–Crippen MR) is 77.0 cm³/mol. The Morgan fingerprint density at radius 2 is 1.89 bits per heavy atom. The minimum absolute atomic E-state index is 0.896. The number of aryl methyl sites for hydroxylation is 2. The van der Waals surface area contributed by atoms with Gasteiger partial charge in [0.2, 0.25) is 0 Å². The van der Waals surface area contributed by atoms with Crippen molar-refractivity contribution in [1.29, 1.82) is 0 Å². The summed E-state index contributed by atoms with van der Waals surface area (Å²) in [5, 5.41) is 3.45. The van der Waals surface area contributed by atoms with E-state index in [1.54, 1.807) is 0 Å². The van der Waals surface area contributed by atoms with Crippen LogP contribution in [0.15, 0.2) is 42.5 Å². The smallest absolute Gasteiger partial charge is 0.0881 e. The first-order chi connectivity index (χ1) is 8.72. The van der Waals surface area contributed by atoms with Crippen molar-refractivity contribution in [3.05, 3.63) is 59.2 Å². The molecule has 92 valence electrons. The summed E-state index contributed by atoms with van der Waals surface area (Å²) in [5.74, 6) is 0. The Hall–Kier alpha value is -1.96. The maximum absolute atomic E-state index is 3.45. The normalized spacial score (nSPS) is 13.3. The van der Waals surface area contributed by atoms with Crippen molar-refractivity contribution in [2.75, 3.05) is 16.9 Å². The van der Waals surface area contributed by atoms with Crippen LogP contribution >= 0.6 is 0 Å². The monoisotopic (exact) mass is 238 g/mol. The van der Waals surface area contributed by atoms with E-state index in [2.05, 4.69) is 66.5 Å². The highest BCUT2D eigenvalue weighted by Crippen LogP contribution is 2.32. The van der Waals surface area contributed by atoms with Crippen molar-refractivity contribution in [2.24, 2.45) is 0 Å². The van der Waals surface area contributed by atoms with Gasteiger partial charge in [0.1, 0.15) is 0 Å². The average molecular weight is 238 g/mol. The molecule has 0 unspecified atom stereocenters. The molecule has 2 aromatic carbocycles. The topological polar surface area (TPSA) is 15.3 Å². The summed E-state index contributed by atoms with van der Waals surface area (Å²) in [4.78, 5) is 2.38. The van der Waals surface area contributed by atoms with Gasteiger partial charge >= 0.3 is 0 Å². The van der Waals surface area contributed by atoms with Crippen LogP contribution in [-0.2, 0) is 6.54 Å². The average Bonchev–Trinajstić information content (AvgIpc) is 2.72. The minimum Gasteiger partial charge on any atom is -0.366 e. The number of fused-ring (bicyclic) bond motifs is 1. The zero-order chi connectivity index (χ0) is 12.5. The van der Waals surface area contributed by atoms with Crippen molar-refractivity contribution in [1.82, 2.24) is 0 Å². The first-order valence-electron chi connectivity index (χ1n) is 6.37. The molecule has 0 radical (unpaired) electrons. The standard InChI is InChI=1S/C16H18N2/c1-12-4-3-5-14(8-12)10-18-11-17-15-9-13(2)6-7-16(15)18/h3-9,17H,10-11H2,1-2H3. The van der Waals surface area contributed by atoms with Crippen LogP contribution in [0.3, 0.4) is 0 Å². The van der Waals surface area contributed by atoms with Crippen LogP contribution in [-0.4, -0.2) is 6.67 Å². The van der Waals surface area contributed by atoms with E-state index in [-0.39, 0.29) is 0 Å². The van der Waals surface area contributed by atoms with Crippen LogP contribution in [0.4, 0.5) is 11.4 Å². The Morgan fingerprint density at radius 3 is 2.72 bits per heavy atom. The lowest BCUT2D eigenvalue weighted by atomic mass is 10.1. The molecule has 0 saturated heterocycles. The molecule has 0 saturated carbocycles. The van der Waals surface area contributed by atoms with E-state index >= 15 is 0 Å².